The molecular weight excluding hydrogens is 242 g/mol. The van der Waals surface area contributed by atoms with Gasteiger partial charge in [-0.1, -0.05) is 12.1 Å². The molecule has 1 aromatic carbocycles. The maximum Gasteiger partial charge on any atom is 0.243 e. The van der Waals surface area contributed by atoms with Crippen LogP contribution in [-0.4, -0.2) is 43.5 Å². The van der Waals surface area contributed by atoms with Crippen LogP contribution >= 0.6 is 0 Å². The summed E-state index contributed by atoms with van der Waals surface area (Å²) in [6, 6.07) is 7.54. The molecule has 5 nitrogen and oxygen atoms in total. The fourth-order valence-electron chi connectivity index (χ4n) is 2.39. The van der Waals surface area contributed by atoms with Crippen molar-refractivity contribution in [3.63, 3.8) is 0 Å². The molecule has 2 aromatic rings. The van der Waals surface area contributed by atoms with Crippen molar-refractivity contribution in [3.05, 3.63) is 30.5 Å². The molecule has 1 aliphatic heterocycles. The molecule has 1 saturated heterocycles. The zero-order chi connectivity index (χ0) is 13.2. The van der Waals surface area contributed by atoms with E-state index in [0.29, 0.717) is 6.54 Å². The molecule has 0 bridgehead atoms. The van der Waals surface area contributed by atoms with Gasteiger partial charge in [-0.15, -0.1) is 0 Å². The van der Waals surface area contributed by atoms with E-state index in [-0.39, 0.29) is 11.9 Å². The Morgan fingerprint density at radius 1 is 1.47 bits per heavy atom. The van der Waals surface area contributed by atoms with Gasteiger partial charge < -0.3 is 15.1 Å². The first-order chi connectivity index (χ1) is 9.25. The van der Waals surface area contributed by atoms with Crippen molar-refractivity contribution in [3.8, 4) is 0 Å². The molecule has 0 radical (unpaired) electrons. The lowest BCUT2D eigenvalue weighted by Crippen LogP contribution is -2.54. The lowest BCUT2D eigenvalue weighted by atomic mass is 10.2. The Bertz CT molecular complexity index is 593. The van der Waals surface area contributed by atoms with Crippen LogP contribution in [0.2, 0.25) is 0 Å². The molecule has 5 heteroatoms. The molecule has 0 saturated carbocycles. The molecule has 1 amide bonds. The summed E-state index contributed by atoms with van der Waals surface area (Å²) in [5, 5.41) is 7.12. The lowest BCUT2D eigenvalue weighted by molar-refractivity contribution is -0.121. The number of hydrogen-bond donors (Lipinski definition) is 2. The Hall–Kier alpha value is -1.85. The van der Waals surface area contributed by atoms with Crippen molar-refractivity contribution in [2.75, 3.05) is 32.0 Å². The highest BCUT2D eigenvalue weighted by Gasteiger charge is 2.26. The number of rotatable bonds is 2. The van der Waals surface area contributed by atoms with E-state index in [1.165, 1.54) is 0 Å². The van der Waals surface area contributed by atoms with Crippen LogP contribution in [0.5, 0.6) is 0 Å². The number of nitrogens with one attached hydrogen (secondary N) is 2. The van der Waals surface area contributed by atoms with E-state index in [1.807, 2.05) is 31.3 Å². The average molecular weight is 259 g/mol. The molecule has 19 heavy (non-hydrogen) atoms. The smallest absolute Gasteiger partial charge is 0.243 e. The molecular formula is C14H17N3O2. The van der Waals surface area contributed by atoms with Gasteiger partial charge in [0.15, 0.2) is 0 Å². The fraction of sp³-hybridized carbons (Fsp3) is 0.357. The third-order valence-electron chi connectivity index (χ3n) is 3.55. The van der Waals surface area contributed by atoms with Crippen LogP contribution in [0, 0.1) is 0 Å². The van der Waals surface area contributed by atoms with E-state index in [2.05, 4.69) is 15.5 Å². The number of para-hydroxylation sites is 1. The molecule has 0 spiro atoms. The zero-order valence-electron chi connectivity index (χ0n) is 10.8. The first-order valence-electron chi connectivity index (χ1n) is 6.44. The molecule has 1 unspecified atom stereocenters. The molecule has 2 heterocycles. The van der Waals surface area contributed by atoms with Gasteiger partial charge >= 0.3 is 0 Å². The summed E-state index contributed by atoms with van der Waals surface area (Å²) in [6.07, 6.45) is 1.60. The minimum absolute atomic E-state index is 0.00116. The van der Waals surface area contributed by atoms with Crippen LogP contribution in [0.25, 0.3) is 11.0 Å². The third kappa shape index (κ3) is 2.34. The van der Waals surface area contributed by atoms with Crippen LogP contribution in [0.15, 0.2) is 34.9 Å². The number of likely N-dealkylation sites (N-methyl/N-ethyl adjacent to an activating group) is 1. The third-order valence-corrected chi connectivity index (χ3v) is 3.55. The summed E-state index contributed by atoms with van der Waals surface area (Å²) >= 11 is 0. The van der Waals surface area contributed by atoms with E-state index >= 15 is 0 Å². The predicted octanol–water partition coefficient (Wildman–Crippen LogP) is 1.27. The molecule has 1 aromatic heterocycles. The molecule has 1 fully saturated rings. The monoisotopic (exact) mass is 259 g/mol. The highest BCUT2D eigenvalue weighted by molar-refractivity contribution is 6.02. The molecule has 3 rings (SSSR count). The number of amides is 1. The molecule has 2 N–H and O–H groups in total. The minimum Gasteiger partial charge on any atom is -0.462 e. The quantitative estimate of drug-likeness (QED) is 0.853. The number of piperazine rings is 1. The number of hydrogen-bond acceptors (Lipinski definition) is 4. The van der Waals surface area contributed by atoms with E-state index in [1.54, 1.807) is 6.26 Å². The van der Waals surface area contributed by atoms with Gasteiger partial charge in [0.25, 0.3) is 0 Å². The van der Waals surface area contributed by atoms with Crippen LogP contribution in [0.4, 0.5) is 5.69 Å². The van der Waals surface area contributed by atoms with Gasteiger partial charge in [-0.2, -0.15) is 0 Å². The van der Waals surface area contributed by atoms with E-state index in [0.717, 1.165) is 29.7 Å². The molecule has 1 aliphatic rings. The van der Waals surface area contributed by atoms with Crippen molar-refractivity contribution in [1.29, 1.82) is 0 Å². The van der Waals surface area contributed by atoms with Crippen molar-refractivity contribution in [1.82, 2.24) is 10.2 Å². The Morgan fingerprint density at radius 2 is 2.32 bits per heavy atom. The van der Waals surface area contributed by atoms with Crippen molar-refractivity contribution < 1.29 is 9.21 Å². The minimum atomic E-state index is -0.137. The largest absolute Gasteiger partial charge is 0.462 e. The fourth-order valence-corrected chi connectivity index (χ4v) is 2.39. The van der Waals surface area contributed by atoms with Gasteiger partial charge in [-0.3, -0.25) is 9.69 Å². The van der Waals surface area contributed by atoms with Gasteiger partial charge in [0, 0.05) is 25.0 Å². The Morgan fingerprint density at radius 3 is 3.16 bits per heavy atom. The standard InChI is InChI=1S/C14H17N3O2/c1-17-7-6-15-8-12(17)14(18)16-11-9-19-13-5-3-2-4-10(11)13/h2-5,9,12,15H,6-8H2,1H3,(H,16,18). The van der Waals surface area contributed by atoms with Gasteiger partial charge in [0.1, 0.15) is 17.9 Å². The summed E-state index contributed by atoms with van der Waals surface area (Å²) in [5.41, 5.74) is 1.52. The van der Waals surface area contributed by atoms with Crippen LogP contribution < -0.4 is 10.6 Å². The van der Waals surface area contributed by atoms with Crippen LogP contribution in [0.3, 0.4) is 0 Å². The Kier molecular flexibility index (Phi) is 3.23. The number of anilines is 1. The second-order valence-corrected chi connectivity index (χ2v) is 4.84. The number of fused-ring (bicyclic) bond motifs is 1. The molecule has 0 aliphatic carbocycles. The van der Waals surface area contributed by atoms with Crippen molar-refractivity contribution >= 4 is 22.6 Å². The SMILES string of the molecule is CN1CCNCC1C(=O)Nc1coc2ccccc12. The molecule has 100 valence electrons. The van der Waals surface area contributed by atoms with Crippen LogP contribution in [0.1, 0.15) is 0 Å². The van der Waals surface area contributed by atoms with Gasteiger partial charge in [-0.05, 0) is 19.2 Å². The summed E-state index contributed by atoms with van der Waals surface area (Å²) in [4.78, 5) is 14.3. The maximum atomic E-state index is 12.3. The summed E-state index contributed by atoms with van der Waals surface area (Å²) in [5.74, 6) is 0.00116. The second kappa shape index (κ2) is 5.03. The summed E-state index contributed by atoms with van der Waals surface area (Å²) in [6.45, 7) is 2.48. The Labute approximate surface area is 111 Å². The first kappa shape index (κ1) is 12.2. The highest BCUT2D eigenvalue weighted by Crippen LogP contribution is 2.25. The summed E-state index contributed by atoms with van der Waals surface area (Å²) < 4.78 is 5.42. The predicted molar refractivity (Wildman–Crippen MR) is 74.1 cm³/mol. The van der Waals surface area contributed by atoms with E-state index in [4.69, 9.17) is 4.42 Å². The zero-order valence-corrected chi connectivity index (χ0v) is 10.8. The lowest BCUT2D eigenvalue weighted by Gasteiger charge is -2.31. The summed E-state index contributed by atoms with van der Waals surface area (Å²) in [7, 11) is 1.97. The van der Waals surface area contributed by atoms with Gasteiger partial charge in [-0.25, -0.2) is 0 Å². The molecule has 1 atom stereocenters. The normalized spacial score (nSPS) is 20.6. The van der Waals surface area contributed by atoms with Gasteiger partial charge in [0.2, 0.25) is 5.91 Å². The number of carbonyl (C=O) groups excluding carboxylic acids is 1. The van der Waals surface area contributed by atoms with Crippen molar-refractivity contribution in [2.45, 2.75) is 6.04 Å². The second-order valence-electron chi connectivity index (χ2n) is 4.84. The number of carbonyl (C=O) groups is 1. The maximum absolute atomic E-state index is 12.3. The van der Waals surface area contributed by atoms with E-state index < -0.39 is 0 Å². The first-order valence-corrected chi connectivity index (χ1v) is 6.44. The van der Waals surface area contributed by atoms with Crippen LogP contribution in [-0.2, 0) is 4.79 Å². The van der Waals surface area contributed by atoms with Gasteiger partial charge in [0.05, 0.1) is 5.69 Å². The number of nitrogens with zero attached hydrogens (tertiary/aromatic N) is 1. The van der Waals surface area contributed by atoms with Crippen molar-refractivity contribution in [2.24, 2.45) is 0 Å². The van der Waals surface area contributed by atoms with E-state index in [9.17, 15) is 4.79 Å². The average Bonchev–Trinajstić information content (AvgIpc) is 2.83. The topological polar surface area (TPSA) is 57.5 Å². The number of furan rings is 1. The highest BCUT2D eigenvalue weighted by atomic mass is 16.3. The Balaban J connectivity index is 1.79. The number of benzene rings is 1.